The molecule has 3 rings (SSSR count). The Labute approximate surface area is 163 Å². The lowest BCUT2D eigenvalue weighted by molar-refractivity contribution is 0.0993. The molecule has 0 fully saturated rings. The number of anilines is 1. The Bertz CT molecular complexity index is 1030. The Balaban J connectivity index is 1.66. The summed E-state index contributed by atoms with van der Waals surface area (Å²) in [5.74, 6) is 0.381. The third-order valence-corrected chi connectivity index (χ3v) is 5.41. The Morgan fingerprint density at radius 1 is 1.04 bits per heavy atom. The van der Waals surface area contributed by atoms with Crippen LogP contribution in [-0.4, -0.2) is 20.9 Å². The van der Waals surface area contributed by atoms with Crippen LogP contribution < -0.4 is 14.8 Å². The van der Waals surface area contributed by atoms with Crippen LogP contribution in [0.3, 0.4) is 0 Å². The number of para-hydroxylation sites is 1. The number of rotatable bonds is 8. The second kappa shape index (κ2) is 8.73. The summed E-state index contributed by atoms with van der Waals surface area (Å²) in [6.07, 6.45) is 1.42. The smallest absolute Gasteiger partial charge is 0.291 e. The van der Waals surface area contributed by atoms with Crippen LogP contribution in [0, 0.1) is 0 Å². The molecule has 0 aliphatic rings. The van der Waals surface area contributed by atoms with Gasteiger partial charge in [-0.15, -0.1) is 0 Å². The van der Waals surface area contributed by atoms with Gasteiger partial charge in [-0.3, -0.25) is 4.79 Å². The molecule has 146 valence electrons. The van der Waals surface area contributed by atoms with Crippen LogP contribution in [0.25, 0.3) is 0 Å². The van der Waals surface area contributed by atoms with Gasteiger partial charge < -0.3 is 14.5 Å². The average molecular weight is 400 g/mol. The second-order valence-corrected chi connectivity index (χ2v) is 7.62. The first-order chi connectivity index (χ1) is 13.5. The van der Waals surface area contributed by atoms with Gasteiger partial charge >= 0.3 is 0 Å². The van der Waals surface area contributed by atoms with Crippen LogP contribution >= 0.6 is 0 Å². The largest absolute Gasteiger partial charge is 0.489 e. The molecule has 2 aromatic carbocycles. The summed E-state index contributed by atoms with van der Waals surface area (Å²) in [5, 5.41) is 2.69. The molecule has 1 heterocycles. The fourth-order valence-electron chi connectivity index (χ4n) is 2.51. The predicted octanol–water partition coefficient (Wildman–Crippen LogP) is 3.41. The maximum Gasteiger partial charge on any atom is 0.291 e. The van der Waals surface area contributed by atoms with Crippen molar-refractivity contribution in [3.8, 4) is 5.75 Å². The van der Waals surface area contributed by atoms with Crippen LogP contribution in [0.2, 0.25) is 0 Å². The minimum atomic E-state index is -3.54. The van der Waals surface area contributed by atoms with Gasteiger partial charge in [-0.2, -0.15) is 0 Å². The third kappa shape index (κ3) is 4.79. The minimum Gasteiger partial charge on any atom is -0.489 e. The molecule has 0 bridgehead atoms. The van der Waals surface area contributed by atoms with E-state index < -0.39 is 15.9 Å². The van der Waals surface area contributed by atoms with Gasteiger partial charge in [0.1, 0.15) is 12.4 Å². The first kappa shape index (κ1) is 19.7. The number of hydrogen-bond acceptors (Lipinski definition) is 5. The number of benzene rings is 2. The number of ether oxygens (including phenoxy) is 1. The number of nitrogens with one attached hydrogen (secondary N) is 2. The topological polar surface area (TPSA) is 97.6 Å². The van der Waals surface area contributed by atoms with E-state index in [0.29, 0.717) is 23.5 Å². The number of amides is 1. The Morgan fingerprint density at radius 3 is 2.43 bits per heavy atom. The molecule has 0 saturated heterocycles. The van der Waals surface area contributed by atoms with E-state index in [1.165, 1.54) is 30.5 Å². The molecule has 0 atom stereocenters. The van der Waals surface area contributed by atoms with Gasteiger partial charge in [-0.25, -0.2) is 13.1 Å². The van der Waals surface area contributed by atoms with Crippen molar-refractivity contribution >= 4 is 21.6 Å². The summed E-state index contributed by atoms with van der Waals surface area (Å²) >= 11 is 0. The van der Waals surface area contributed by atoms with Crippen LogP contribution in [0.15, 0.2) is 76.2 Å². The van der Waals surface area contributed by atoms with Gasteiger partial charge in [0.15, 0.2) is 5.76 Å². The summed E-state index contributed by atoms with van der Waals surface area (Å²) in [6.45, 7) is 2.19. The number of carbonyl (C=O) groups is 1. The molecule has 0 unspecified atom stereocenters. The van der Waals surface area contributed by atoms with Crippen molar-refractivity contribution in [2.75, 3.05) is 11.9 Å². The molecule has 0 radical (unpaired) electrons. The van der Waals surface area contributed by atoms with E-state index in [4.69, 9.17) is 9.15 Å². The van der Waals surface area contributed by atoms with Crippen LogP contribution in [0.4, 0.5) is 5.69 Å². The first-order valence-electron chi connectivity index (χ1n) is 8.65. The van der Waals surface area contributed by atoms with Gasteiger partial charge in [-0.05, 0) is 42.5 Å². The van der Waals surface area contributed by atoms with Crippen LogP contribution in [-0.2, 0) is 16.6 Å². The van der Waals surface area contributed by atoms with E-state index in [1.807, 2.05) is 30.3 Å². The molecule has 3 aromatic rings. The third-order valence-electron chi connectivity index (χ3n) is 3.85. The number of carbonyl (C=O) groups excluding carboxylic acids is 1. The van der Waals surface area contributed by atoms with Gasteiger partial charge in [0.2, 0.25) is 10.0 Å². The molecule has 1 aromatic heterocycles. The van der Waals surface area contributed by atoms with Crippen molar-refractivity contribution in [2.24, 2.45) is 0 Å². The lowest BCUT2D eigenvalue weighted by atomic mass is 10.2. The molecule has 28 heavy (non-hydrogen) atoms. The minimum absolute atomic E-state index is 0.127. The molecule has 2 N–H and O–H groups in total. The summed E-state index contributed by atoms with van der Waals surface area (Å²) in [6, 6.07) is 16.8. The Hall–Kier alpha value is -3.10. The standard InChI is InChI=1S/C20H20N2O5S/c1-2-21-28(24,25)18-10-8-16(9-11-18)22-20(23)19-15(12-13-26-19)14-27-17-6-4-3-5-7-17/h3-13,21H,2,14H2,1H3,(H,22,23). The highest BCUT2D eigenvalue weighted by molar-refractivity contribution is 7.89. The quantitative estimate of drug-likeness (QED) is 0.604. The number of hydrogen-bond donors (Lipinski definition) is 2. The summed E-state index contributed by atoms with van der Waals surface area (Å²) in [4.78, 5) is 12.6. The average Bonchev–Trinajstić information content (AvgIpc) is 3.16. The van der Waals surface area contributed by atoms with Gasteiger partial charge in [0, 0.05) is 17.8 Å². The molecule has 0 spiro atoms. The fourth-order valence-corrected chi connectivity index (χ4v) is 3.55. The molecule has 7 nitrogen and oxygen atoms in total. The highest BCUT2D eigenvalue weighted by atomic mass is 32.2. The Kier molecular flexibility index (Phi) is 6.13. The lowest BCUT2D eigenvalue weighted by Gasteiger charge is -2.08. The van der Waals surface area contributed by atoms with Crippen LogP contribution in [0.1, 0.15) is 23.0 Å². The molecule has 0 aliphatic carbocycles. The number of sulfonamides is 1. The molecule has 8 heteroatoms. The van der Waals surface area contributed by atoms with Crippen molar-refractivity contribution in [3.63, 3.8) is 0 Å². The molecular formula is C20H20N2O5S. The molecule has 1 amide bonds. The van der Waals surface area contributed by atoms with E-state index in [0.717, 1.165) is 0 Å². The van der Waals surface area contributed by atoms with E-state index in [2.05, 4.69) is 10.0 Å². The van der Waals surface area contributed by atoms with E-state index in [-0.39, 0.29) is 17.3 Å². The van der Waals surface area contributed by atoms with Crippen molar-refractivity contribution in [1.29, 1.82) is 0 Å². The maximum absolute atomic E-state index is 12.5. The van der Waals surface area contributed by atoms with Crippen molar-refractivity contribution in [2.45, 2.75) is 18.4 Å². The molecule has 0 aliphatic heterocycles. The zero-order valence-corrected chi connectivity index (χ0v) is 16.0. The second-order valence-electron chi connectivity index (χ2n) is 5.86. The van der Waals surface area contributed by atoms with E-state index in [9.17, 15) is 13.2 Å². The summed E-state index contributed by atoms with van der Waals surface area (Å²) in [5.41, 5.74) is 1.06. The first-order valence-corrected chi connectivity index (χ1v) is 10.1. The maximum atomic E-state index is 12.5. The van der Waals surface area contributed by atoms with Crippen molar-refractivity contribution in [3.05, 3.63) is 78.3 Å². The Morgan fingerprint density at radius 2 is 1.75 bits per heavy atom. The van der Waals surface area contributed by atoms with E-state index in [1.54, 1.807) is 13.0 Å². The summed E-state index contributed by atoms with van der Waals surface area (Å²) in [7, 11) is -3.54. The molecule has 0 saturated carbocycles. The molecular weight excluding hydrogens is 380 g/mol. The van der Waals surface area contributed by atoms with Crippen molar-refractivity contribution in [1.82, 2.24) is 4.72 Å². The zero-order chi connectivity index (χ0) is 20.0. The van der Waals surface area contributed by atoms with Gasteiger partial charge in [-0.1, -0.05) is 25.1 Å². The highest BCUT2D eigenvalue weighted by Gasteiger charge is 2.17. The predicted molar refractivity (Wildman–Crippen MR) is 105 cm³/mol. The van der Waals surface area contributed by atoms with E-state index >= 15 is 0 Å². The monoisotopic (exact) mass is 400 g/mol. The normalized spacial score (nSPS) is 11.2. The zero-order valence-electron chi connectivity index (χ0n) is 15.2. The fraction of sp³-hybridized carbons (Fsp3) is 0.150. The van der Waals surface area contributed by atoms with Gasteiger partial charge in [0.05, 0.1) is 11.2 Å². The number of furan rings is 1. The lowest BCUT2D eigenvalue weighted by Crippen LogP contribution is -2.23. The highest BCUT2D eigenvalue weighted by Crippen LogP contribution is 2.19. The van der Waals surface area contributed by atoms with Crippen molar-refractivity contribution < 1.29 is 22.4 Å². The van der Waals surface area contributed by atoms with Gasteiger partial charge in [0.25, 0.3) is 5.91 Å². The SMILES string of the molecule is CCNS(=O)(=O)c1ccc(NC(=O)c2occc2COc2ccccc2)cc1. The summed E-state index contributed by atoms with van der Waals surface area (Å²) < 4.78 is 37.3. The van der Waals surface area contributed by atoms with Crippen LogP contribution in [0.5, 0.6) is 5.75 Å².